The van der Waals surface area contributed by atoms with Crippen LogP contribution < -0.4 is 5.32 Å². The van der Waals surface area contributed by atoms with Crippen LogP contribution in [0.2, 0.25) is 0 Å². The Kier molecular flexibility index (Phi) is 54.5. The van der Waals surface area contributed by atoms with Crippen molar-refractivity contribution in [3.8, 4) is 0 Å². The van der Waals surface area contributed by atoms with Gasteiger partial charge in [-0.3, -0.25) is 9.59 Å². The molecule has 0 radical (unpaired) electrons. The van der Waals surface area contributed by atoms with Crippen LogP contribution in [0.4, 0.5) is 0 Å². The molecule has 6 heteroatoms. The molecule has 66 heavy (non-hydrogen) atoms. The lowest BCUT2D eigenvalue weighted by Crippen LogP contribution is -2.45. The minimum Gasteiger partial charge on any atom is -0.466 e. The van der Waals surface area contributed by atoms with Crippen molar-refractivity contribution in [3.05, 3.63) is 24.3 Å². The van der Waals surface area contributed by atoms with Gasteiger partial charge >= 0.3 is 5.97 Å². The van der Waals surface area contributed by atoms with Crippen LogP contribution in [0.3, 0.4) is 0 Å². The zero-order valence-corrected chi connectivity index (χ0v) is 44.4. The quantitative estimate of drug-likeness (QED) is 0.0321. The summed E-state index contributed by atoms with van der Waals surface area (Å²) < 4.78 is 5.44. The predicted molar refractivity (Wildman–Crippen MR) is 287 cm³/mol. The van der Waals surface area contributed by atoms with Crippen LogP contribution in [-0.2, 0) is 14.3 Å². The number of amides is 1. The van der Waals surface area contributed by atoms with E-state index < -0.39 is 12.1 Å². The van der Waals surface area contributed by atoms with Crippen LogP contribution >= 0.6 is 0 Å². The lowest BCUT2D eigenvalue weighted by atomic mass is 10.0. The van der Waals surface area contributed by atoms with Gasteiger partial charge in [0.15, 0.2) is 0 Å². The highest BCUT2D eigenvalue weighted by Gasteiger charge is 2.20. The Balaban J connectivity index is 3.47. The SMILES string of the molecule is CCCCC/C=C\CCCCCCCC(=O)OCCCCCC/C=C\CCCCCCCCCC(=O)NC(CO)C(O)CCCCCCCCCCCCCCCCCCCCCCCC. The average molecular weight is 931 g/mol. The van der Waals surface area contributed by atoms with E-state index in [0.717, 1.165) is 70.6 Å². The molecule has 0 aromatic heterocycles. The molecule has 0 rings (SSSR count). The third-order valence-electron chi connectivity index (χ3n) is 13.7. The van der Waals surface area contributed by atoms with E-state index in [4.69, 9.17) is 4.74 Å². The normalized spacial score (nSPS) is 12.7. The molecule has 0 aliphatic rings. The number of carbonyl (C=O) groups is 2. The van der Waals surface area contributed by atoms with Crippen LogP contribution in [0.1, 0.15) is 322 Å². The van der Waals surface area contributed by atoms with Gasteiger partial charge in [-0.05, 0) is 77.0 Å². The maximum absolute atomic E-state index is 12.5. The molecule has 0 saturated carbocycles. The number of unbranched alkanes of at least 4 members (excludes halogenated alkanes) is 40. The summed E-state index contributed by atoms with van der Waals surface area (Å²) in [6, 6.07) is -0.554. The average Bonchev–Trinajstić information content (AvgIpc) is 3.32. The van der Waals surface area contributed by atoms with Gasteiger partial charge in [0.2, 0.25) is 5.91 Å². The number of carbonyl (C=O) groups excluding carboxylic acids is 2. The van der Waals surface area contributed by atoms with E-state index in [1.165, 1.54) is 218 Å². The van der Waals surface area contributed by atoms with Crippen molar-refractivity contribution < 1.29 is 24.5 Å². The highest BCUT2D eigenvalue weighted by Crippen LogP contribution is 2.17. The first-order valence-electron chi connectivity index (χ1n) is 29.6. The number of aliphatic hydroxyl groups is 2. The second-order valence-electron chi connectivity index (χ2n) is 20.3. The van der Waals surface area contributed by atoms with Crippen LogP contribution in [0.25, 0.3) is 0 Å². The van der Waals surface area contributed by atoms with Gasteiger partial charge in [-0.15, -0.1) is 0 Å². The van der Waals surface area contributed by atoms with E-state index in [1.807, 2.05) is 0 Å². The largest absolute Gasteiger partial charge is 0.466 e. The van der Waals surface area contributed by atoms with Crippen molar-refractivity contribution in [2.75, 3.05) is 13.2 Å². The molecule has 2 atom stereocenters. The van der Waals surface area contributed by atoms with Crippen LogP contribution in [-0.4, -0.2) is 47.4 Å². The Morgan fingerprint density at radius 1 is 0.409 bits per heavy atom. The van der Waals surface area contributed by atoms with Crippen LogP contribution in [0, 0.1) is 0 Å². The Morgan fingerprint density at radius 2 is 0.712 bits per heavy atom. The molecule has 0 spiro atoms. The summed E-state index contributed by atoms with van der Waals surface area (Å²) >= 11 is 0. The Hall–Kier alpha value is -1.66. The fourth-order valence-corrected chi connectivity index (χ4v) is 9.16. The third kappa shape index (κ3) is 51.7. The smallest absolute Gasteiger partial charge is 0.305 e. The van der Waals surface area contributed by atoms with Gasteiger partial charge in [0.1, 0.15) is 0 Å². The van der Waals surface area contributed by atoms with Crippen molar-refractivity contribution in [2.45, 2.75) is 334 Å². The number of nitrogens with one attached hydrogen (secondary N) is 1. The van der Waals surface area contributed by atoms with Gasteiger partial charge in [0.05, 0.1) is 25.4 Å². The summed E-state index contributed by atoms with van der Waals surface area (Å²) in [6.45, 7) is 4.91. The molecule has 0 aromatic rings. The Labute approximate surface area is 411 Å². The lowest BCUT2D eigenvalue weighted by molar-refractivity contribution is -0.143. The lowest BCUT2D eigenvalue weighted by Gasteiger charge is -2.22. The van der Waals surface area contributed by atoms with Crippen molar-refractivity contribution in [1.82, 2.24) is 5.32 Å². The van der Waals surface area contributed by atoms with Crippen molar-refractivity contribution >= 4 is 11.9 Å². The minimum atomic E-state index is -0.675. The van der Waals surface area contributed by atoms with E-state index in [1.54, 1.807) is 0 Å². The molecule has 0 aliphatic carbocycles. The second kappa shape index (κ2) is 55.9. The highest BCUT2D eigenvalue weighted by molar-refractivity contribution is 5.76. The molecule has 0 saturated heterocycles. The van der Waals surface area contributed by atoms with Crippen molar-refractivity contribution in [3.63, 3.8) is 0 Å². The van der Waals surface area contributed by atoms with Crippen LogP contribution in [0.15, 0.2) is 24.3 Å². The number of esters is 1. The van der Waals surface area contributed by atoms with E-state index in [-0.39, 0.29) is 18.5 Å². The van der Waals surface area contributed by atoms with Gasteiger partial charge in [-0.2, -0.15) is 0 Å². The molecule has 3 N–H and O–H groups in total. The summed E-state index contributed by atoms with van der Waals surface area (Å²) in [7, 11) is 0. The monoisotopic (exact) mass is 930 g/mol. The Bertz CT molecular complexity index is 1030. The number of ether oxygens (including phenoxy) is 1. The Morgan fingerprint density at radius 3 is 1.11 bits per heavy atom. The third-order valence-corrected chi connectivity index (χ3v) is 13.7. The van der Waals surface area contributed by atoms with Gasteiger partial charge in [0.25, 0.3) is 0 Å². The van der Waals surface area contributed by atoms with Gasteiger partial charge in [-0.25, -0.2) is 0 Å². The number of hydrogen-bond donors (Lipinski definition) is 3. The maximum atomic E-state index is 12.5. The van der Waals surface area contributed by atoms with Crippen molar-refractivity contribution in [1.29, 1.82) is 0 Å². The highest BCUT2D eigenvalue weighted by atomic mass is 16.5. The molecule has 390 valence electrons. The molecule has 0 heterocycles. The van der Waals surface area contributed by atoms with Crippen LogP contribution in [0.5, 0.6) is 0 Å². The fraction of sp³-hybridized carbons (Fsp3) is 0.900. The zero-order valence-electron chi connectivity index (χ0n) is 44.4. The van der Waals surface area contributed by atoms with E-state index >= 15 is 0 Å². The first-order chi connectivity index (χ1) is 32.5. The van der Waals surface area contributed by atoms with Gasteiger partial charge < -0.3 is 20.3 Å². The number of rotatable bonds is 55. The summed E-state index contributed by atoms with van der Waals surface area (Å²) in [5, 5.41) is 23.3. The van der Waals surface area contributed by atoms with Crippen molar-refractivity contribution in [2.24, 2.45) is 0 Å². The number of allylic oxidation sites excluding steroid dienone is 4. The van der Waals surface area contributed by atoms with Gasteiger partial charge in [-0.1, -0.05) is 256 Å². The molecular formula is C60H115NO5. The maximum Gasteiger partial charge on any atom is 0.305 e. The number of aliphatic hydroxyl groups excluding tert-OH is 2. The fourth-order valence-electron chi connectivity index (χ4n) is 9.16. The summed E-state index contributed by atoms with van der Waals surface area (Å²) in [4.78, 5) is 24.5. The summed E-state index contributed by atoms with van der Waals surface area (Å²) in [5.41, 5.74) is 0. The standard InChI is InChI=1S/C60H115NO5/c1-3-5-7-9-11-13-15-17-18-19-20-21-22-23-24-26-29-32-36-40-44-48-52-58(63)57(56-62)61-59(64)53-49-45-41-37-33-30-27-25-28-31-35-39-43-47-51-55-66-60(65)54-50-46-42-38-34-16-14-12-10-8-6-4-2/h12,14,28,31,57-58,62-63H,3-11,13,15-27,29-30,32-56H2,1-2H3,(H,61,64)/b14-12-,31-28-. The molecule has 1 amide bonds. The summed E-state index contributed by atoms with van der Waals surface area (Å²) in [6.07, 6.45) is 67.4. The topological polar surface area (TPSA) is 95.9 Å². The number of hydrogen-bond acceptors (Lipinski definition) is 5. The molecule has 0 fully saturated rings. The van der Waals surface area contributed by atoms with E-state index in [0.29, 0.717) is 25.9 Å². The second-order valence-corrected chi connectivity index (χ2v) is 20.3. The molecule has 0 aromatic carbocycles. The molecule has 2 unspecified atom stereocenters. The van der Waals surface area contributed by atoms with Gasteiger partial charge in [0, 0.05) is 12.8 Å². The van der Waals surface area contributed by atoms with E-state index in [9.17, 15) is 19.8 Å². The molecular weight excluding hydrogens is 815 g/mol. The summed E-state index contributed by atoms with van der Waals surface area (Å²) in [5.74, 6) is -0.0672. The van der Waals surface area contributed by atoms with E-state index in [2.05, 4.69) is 43.5 Å². The predicted octanol–water partition coefficient (Wildman–Crippen LogP) is 18.2. The molecule has 0 bridgehead atoms. The molecule has 0 aliphatic heterocycles. The first kappa shape index (κ1) is 64.3. The minimum absolute atomic E-state index is 0.0196. The molecule has 6 nitrogen and oxygen atoms in total. The first-order valence-corrected chi connectivity index (χ1v) is 29.6. The zero-order chi connectivity index (χ0) is 47.9.